The first-order valence-electron chi connectivity index (χ1n) is 9.95. The van der Waals surface area contributed by atoms with Crippen LogP contribution in [0.1, 0.15) is 22.9 Å². The van der Waals surface area contributed by atoms with Gasteiger partial charge in [0.1, 0.15) is 12.4 Å². The first-order valence-corrected chi connectivity index (χ1v) is 9.95. The zero-order chi connectivity index (χ0) is 19.8. The van der Waals surface area contributed by atoms with E-state index in [1.165, 1.54) is 22.3 Å². The highest BCUT2D eigenvalue weighted by Gasteiger charge is 2.31. The number of aliphatic hydroxyl groups excluding tert-OH is 1. The number of carbonyl (C=O) groups is 1. The SMILES string of the molecule is O=C(OCC1c2ccccc2-c2ccccc21)N1Cc2nccn2CC(CO)C1. The molecule has 0 fully saturated rings. The van der Waals surface area contributed by atoms with E-state index in [9.17, 15) is 9.90 Å². The van der Waals surface area contributed by atoms with Crippen LogP contribution in [0.4, 0.5) is 4.79 Å². The van der Waals surface area contributed by atoms with Crippen molar-refractivity contribution in [3.8, 4) is 11.1 Å². The molecule has 1 aromatic heterocycles. The summed E-state index contributed by atoms with van der Waals surface area (Å²) in [7, 11) is 0. The minimum absolute atomic E-state index is 0.0186. The third kappa shape index (κ3) is 3.19. The number of ether oxygens (including phenoxy) is 1. The molecule has 0 radical (unpaired) electrons. The maximum atomic E-state index is 12.9. The van der Waals surface area contributed by atoms with Crippen LogP contribution < -0.4 is 0 Å². The van der Waals surface area contributed by atoms with E-state index in [0.717, 1.165) is 5.82 Å². The maximum absolute atomic E-state index is 12.9. The Balaban J connectivity index is 1.34. The predicted octanol–water partition coefficient (Wildman–Crippen LogP) is 3.26. The number of imidazole rings is 1. The van der Waals surface area contributed by atoms with Crippen molar-refractivity contribution in [1.82, 2.24) is 14.5 Å². The number of rotatable bonds is 3. The second-order valence-electron chi connectivity index (χ2n) is 7.73. The van der Waals surface area contributed by atoms with Crippen molar-refractivity contribution in [1.29, 1.82) is 0 Å². The molecule has 1 amide bonds. The molecular formula is C23H23N3O3. The first kappa shape index (κ1) is 17.9. The number of hydrogen-bond donors (Lipinski definition) is 1. The van der Waals surface area contributed by atoms with Gasteiger partial charge >= 0.3 is 6.09 Å². The van der Waals surface area contributed by atoms with Gasteiger partial charge in [0.05, 0.1) is 6.54 Å². The van der Waals surface area contributed by atoms with Crippen LogP contribution in [0, 0.1) is 5.92 Å². The third-order valence-electron chi connectivity index (χ3n) is 5.92. The first-order chi connectivity index (χ1) is 14.2. The Kier molecular flexibility index (Phi) is 4.56. The van der Waals surface area contributed by atoms with Crippen molar-refractivity contribution in [2.75, 3.05) is 19.8 Å². The van der Waals surface area contributed by atoms with Gasteiger partial charge in [0.15, 0.2) is 0 Å². The molecule has 1 aliphatic heterocycles. The number of carbonyl (C=O) groups excluding carboxylic acids is 1. The molecule has 0 saturated carbocycles. The average molecular weight is 389 g/mol. The number of hydrogen-bond acceptors (Lipinski definition) is 4. The fourth-order valence-electron chi connectivity index (χ4n) is 4.48. The van der Waals surface area contributed by atoms with Gasteiger partial charge in [-0.1, -0.05) is 48.5 Å². The molecule has 148 valence electrons. The maximum Gasteiger partial charge on any atom is 0.410 e. The van der Waals surface area contributed by atoms with Gasteiger partial charge in [0.25, 0.3) is 0 Å². The van der Waals surface area contributed by atoms with Gasteiger partial charge in [-0.15, -0.1) is 0 Å². The summed E-state index contributed by atoms with van der Waals surface area (Å²) in [5.41, 5.74) is 4.81. The summed E-state index contributed by atoms with van der Waals surface area (Å²) >= 11 is 0. The largest absolute Gasteiger partial charge is 0.448 e. The second-order valence-corrected chi connectivity index (χ2v) is 7.73. The molecule has 6 nitrogen and oxygen atoms in total. The minimum atomic E-state index is -0.359. The Hall–Kier alpha value is -3.12. The molecule has 2 aromatic carbocycles. The molecule has 1 N–H and O–H groups in total. The smallest absolute Gasteiger partial charge is 0.410 e. The van der Waals surface area contributed by atoms with E-state index in [0.29, 0.717) is 26.2 Å². The van der Waals surface area contributed by atoms with Crippen LogP contribution in [0.2, 0.25) is 0 Å². The highest BCUT2D eigenvalue weighted by Crippen LogP contribution is 2.44. The minimum Gasteiger partial charge on any atom is -0.448 e. The lowest BCUT2D eigenvalue weighted by atomic mass is 9.98. The van der Waals surface area contributed by atoms with Gasteiger partial charge in [-0.05, 0) is 22.3 Å². The molecule has 1 aliphatic carbocycles. The molecule has 3 aromatic rings. The van der Waals surface area contributed by atoms with Crippen LogP contribution >= 0.6 is 0 Å². The molecule has 0 bridgehead atoms. The van der Waals surface area contributed by atoms with Crippen LogP contribution in [0.25, 0.3) is 11.1 Å². The second kappa shape index (κ2) is 7.37. The zero-order valence-corrected chi connectivity index (χ0v) is 16.1. The molecule has 6 heteroatoms. The van der Waals surface area contributed by atoms with Crippen molar-refractivity contribution < 1.29 is 14.6 Å². The summed E-state index contributed by atoms with van der Waals surface area (Å²) in [6.45, 7) is 1.81. The molecule has 5 rings (SSSR count). The van der Waals surface area contributed by atoms with E-state index < -0.39 is 0 Å². The number of benzene rings is 2. The van der Waals surface area contributed by atoms with Crippen molar-refractivity contribution in [2.24, 2.45) is 5.92 Å². The molecule has 0 spiro atoms. The van der Waals surface area contributed by atoms with E-state index in [1.807, 2.05) is 35.0 Å². The number of amides is 1. The highest BCUT2D eigenvalue weighted by atomic mass is 16.6. The number of aromatic nitrogens is 2. The standard InChI is InChI=1S/C23H23N3O3/c27-14-16-11-25-10-9-24-22(25)13-26(12-16)23(28)29-15-21-19-7-3-1-5-17(19)18-6-2-4-8-20(18)21/h1-10,16,21,27H,11-15H2. The van der Waals surface area contributed by atoms with Crippen LogP contribution in [0.15, 0.2) is 60.9 Å². The van der Waals surface area contributed by atoms with E-state index in [1.54, 1.807) is 11.1 Å². The summed E-state index contributed by atoms with van der Waals surface area (Å²) in [6, 6.07) is 16.6. The van der Waals surface area contributed by atoms with Gasteiger partial charge in [0, 0.05) is 43.9 Å². The average Bonchev–Trinajstić information content (AvgIpc) is 3.27. The van der Waals surface area contributed by atoms with Gasteiger partial charge in [-0.25, -0.2) is 9.78 Å². The van der Waals surface area contributed by atoms with Gasteiger partial charge in [-0.3, -0.25) is 0 Å². The van der Waals surface area contributed by atoms with E-state index in [4.69, 9.17) is 4.74 Å². The Labute approximate surface area is 169 Å². The van der Waals surface area contributed by atoms with Crippen LogP contribution in [0.3, 0.4) is 0 Å². The summed E-state index contributed by atoms with van der Waals surface area (Å²) in [4.78, 5) is 18.9. The monoisotopic (exact) mass is 389 g/mol. The third-order valence-corrected chi connectivity index (χ3v) is 5.92. The van der Waals surface area contributed by atoms with Crippen LogP contribution in [0.5, 0.6) is 0 Å². The number of nitrogens with zero attached hydrogens (tertiary/aromatic N) is 3. The fraction of sp³-hybridized carbons (Fsp3) is 0.304. The van der Waals surface area contributed by atoms with Crippen LogP contribution in [-0.4, -0.2) is 45.4 Å². The predicted molar refractivity (Wildman–Crippen MR) is 108 cm³/mol. The molecule has 29 heavy (non-hydrogen) atoms. The Morgan fingerprint density at radius 3 is 2.45 bits per heavy atom. The zero-order valence-electron chi connectivity index (χ0n) is 16.1. The summed E-state index contributed by atoms with van der Waals surface area (Å²) in [6.07, 6.45) is 3.26. The van der Waals surface area contributed by atoms with Crippen molar-refractivity contribution in [3.05, 3.63) is 77.9 Å². The molecule has 1 unspecified atom stereocenters. The van der Waals surface area contributed by atoms with Gasteiger partial charge in [-0.2, -0.15) is 0 Å². The van der Waals surface area contributed by atoms with Crippen molar-refractivity contribution in [3.63, 3.8) is 0 Å². The molecule has 2 heterocycles. The molecule has 0 saturated heterocycles. The number of aliphatic hydroxyl groups is 1. The summed E-state index contributed by atoms with van der Waals surface area (Å²) in [5, 5.41) is 9.69. The molecule has 2 aliphatic rings. The lowest BCUT2D eigenvalue weighted by Gasteiger charge is -2.23. The Morgan fingerprint density at radius 1 is 1.07 bits per heavy atom. The topological polar surface area (TPSA) is 67.6 Å². The summed E-state index contributed by atoms with van der Waals surface area (Å²) in [5.74, 6) is 0.814. The highest BCUT2D eigenvalue weighted by molar-refractivity contribution is 5.79. The Morgan fingerprint density at radius 2 is 1.76 bits per heavy atom. The van der Waals surface area contributed by atoms with E-state index in [2.05, 4.69) is 29.2 Å². The van der Waals surface area contributed by atoms with Crippen molar-refractivity contribution >= 4 is 6.09 Å². The quantitative estimate of drug-likeness (QED) is 0.747. The van der Waals surface area contributed by atoms with E-state index >= 15 is 0 Å². The Bertz CT molecular complexity index is 1000. The van der Waals surface area contributed by atoms with Gasteiger partial charge < -0.3 is 19.3 Å². The number of fused-ring (bicyclic) bond motifs is 4. The lowest BCUT2D eigenvalue weighted by molar-refractivity contribution is 0.0857. The van der Waals surface area contributed by atoms with E-state index in [-0.39, 0.29) is 24.5 Å². The molecule has 1 atom stereocenters. The molecular weight excluding hydrogens is 366 g/mol. The van der Waals surface area contributed by atoms with Gasteiger partial charge in [0.2, 0.25) is 0 Å². The fourth-order valence-corrected chi connectivity index (χ4v) is 4.48. The lowest BCUT2D eigenvalue weighted by Crippen LogP contribution is -2.36. The summed E-state index contributed by atoms with van der Waals surface area (Å²) < 4.78 is 7.79. The van der Waals surface area contributed by atoms with Crippen molar-refractivity contribution in [2.45, 2.75) is 19.0 Å². The normalized spacial score (nSPS) is 18.0. The van der Waals surface area contributed by atoms with Crippen LogP contribution in [-0.2, 0) is 17.8 Å².